The molecule has 0 aromatic carbocycles. The van der Waals surface area contributed by atoms with Crippen molar-refractivity contribution in [3.05, 3.63) is 31.2 Å². The fourth-order valence-corrected chi connectivity index (χ4v) is 1.49. The molecule has 0 amide bonds. The van der Waals surface area contributed by atoms with E-state index >= 15 is 0 Å². The lowest BCUT2D eigenvalue weighted by Gasteiger charge is -1.94. The number of hydrogen-bond acceptors (Lipinski definition) is 0. The second-order valence-electron chi connectivity index (χ2n) is 3.98. The van der Waals surface area contributed by atoms with Crippen LogP contribution >= 0.6 is 0 Å². The molecule has 0 saturated heterocycles. The van der Waals surface area contributed by atoms with Crippen LogP contribution < -0.4 is 0 Å². The van der Waals surface area contributed by atoms with Crippen molar-refractivity contribution in [1.82, 2.24) is 0 Å². The normalized spacial score (nSPS) is 11.9. The smallest absolute Gasteiger partial charge is 0.0348 e. The molecule has 0 rings (SSSR count). The molecule has 1 radical (unpaired) electrons. The predicted octanol–water partition coefficient (Wildman–Crippen LogP) is 5.46. The summed E-state index contributed by atoms with van der Waals surface area (Å²) in [5, 5.41) is 0. The van der Waals surface area contributed by atoms with Gasteiger partial charge < -0.3 is 0 Å². The van der Waals surface area contributed by atoms with E-state index in [4.69, 9.17) is 0 Å². The van der Waals surface area contributed by atoms with Crippen molar-refractivity contribution in [3.8, 4) is 0 Å². The highest BCUT2D eigenvalue weighted by atomic mass is 13.9. The molecule has 0 heterocycles. The van der Waals surface area contributed by atoms with Crippen LogP contribution in [0.1, 0.15) is 64.7 Å². The zero-order chi connectivity index (χ0) is 11.2. The number of allylic oxidation sites excluding steroid dienone is 4. The molecule has 15 heavy (non-hydrogen) atoms. The Hall–Kier alpha value is -0.520. The highest BCUT2D eigenvalue weighted by molar-refractivity contribution is 4.84. The van der Waals surface area contributed by atoms with Crippen molar-refractivity contribution in [2.24, 2.45) is 0 Å². The van der Waals surface area contributed by atoms with Gasteiger partial charge in [0.25, 0.3) is 0 Å². The topological polar surface area (TPSA) is 0 Å². The van der Waals surface area contributed by atoms with Gasteiger partial charge in [-0.15, -0.1) is 0 Å². The molecule has 0 heteroatoms. The molecule has 0 atom stereocenters. The van der Waals surface area contributed by atoms with Gasteiger partial charge >= 0.3 is 0 Å². The molecule has 0 aliphatic rings. The van der Waals surface area contributed by atoms with Gasteiger partial charge in [-0.05, 0) is 38.5 Å². The summed E-state index contributed by atoms with van der Waals surface area (Å²) in [6.07, 6.45) is 20.5. The van der Waals surface area contributed by atoms with Gasteiger partial charge in [-0.2, -0.15) is 0 Å². The monoisotopic (exact) mass is 207 g/mol. The number of unbranched alkanes of at least 4 members (excludes halogenated alkanes) is 6. The van der Waals surface area contributed by atoms with Crippen LogP contribution in [-0.2, 0) is 0 Å². The van der Waals surface area contributed by atoms with Crippen molar-refractivity contribution in [2.45, 2.75) is 64.7 Å². The van der Waals surface area contributed by atoms with Gasteiger partial charge in [-0.25, -0.2) is 0 Å². The Balaban J connectivity index is 3.07. The lowest BCUT2D eigenvalue weighted by Crippen LogP contribution is -1.74. The zero-order valence-corrected chi connectivity index (χ0v) is 10.4. The average molecular weight is 207 g/mol. The van der Waals surface area contributed by atoms with Gasteiger partial charge in [-0.3, -0.25) is 0 Å². The maximum atomic E-state index is 3.84. The lowest BCUT2D eigenvalue weighted by atomic mass is 10.1. The highest BCUT2D eigenvalue weighted by Gasteiger charge is 1.84. The molecule has 0 aromatic rings. The van der Waals surface area contributed by atoms with Gasteiger partial charge in [0.1, 0.15) is 0 Å². The van der Waals surface area contributed by atoms with Crippen LogP contribution in [0.2, 0.25) is 0 Å². The molecule has 0 N–H and O–H groups in total. The van der Waals surface area contributed by atoms with E-state index in [-0.39, 0.29) is 0 Å². The summed E-state index contributed by atoms with van der Waals surface area (Å²) < 4.78 is 0. The first kappa shape index (κ1) is 14.5. The van der Waals surface area contributed by atoms with Crippen molar-refractivity contribution < 1.29 is 0 Å². The van der Waals surface area contributed by atoms with Crippen LogP contribution in [0.4, 0.5) is 0 Å². The third kappa shape index (κ3) is 13.5. The van der Waals surface area contributed by atoms with Crippen LogP contribution in [0.25, 0.3) is 0 Å². The molecular formula is C15H27. The summed E-state index contributed by atoms with van der Waals surface area (Å²) in [5.41, 5.74) is 0. The minimum absolute atomic E-state index is 1.09. The molecule has 0 saturated carbocycles. The molecule has 0 bridgehead atoms. The second kappa shape index (κ2) is 13.5. The van der Waals surface area contributed by atoms with Crippen LogP contribution in [0, 0.1) is 6.92 Å². The van der Waals surface area contributed by atoms with E-state index in [0.29, 0.717) is 0 Å². The van der Waals surface area contributed by atoms with Crippen LogP contribution in [0.5, 0.6) is 0 Å². The zero-order valence-electron chi connectivity index (χ0n) is 10.4. The Labute approximate surface area is 96.5 Å². The molecule has 0 spiro atoms. The largest absolute Gasteiger partial charge is 0.0888 e. The molecule has 0 unspecified atom stereocenters. The first-order chi connectivity index (χ1) is 7.41. The van der Waals surface area contributed by atoms with Gasteiger partial charge in [0.15, 0.2) is 0 Å². The summed E-state index contributed by atoms with van der Waals surface area (Å²) >= 11 is 0. The summed E-state index contributed by atoms with van der Waals surface area (Å²) in [4.78, 5) is 0. The quantitative estimate of drug-likeness (QED) is 0.329. The third-order valence-corrected chi connectivity index (χ3v) is 2.43. The SMILES string of the molecule is [CH2]CCCCCC=CCCCC=CCC. The molecule has 87 valence electrons. The molecule has 0 fully saturated rings. The highest BCUT2D eigenvalue weighted by Crippen LogP contribution is 2.04. The second-order valence-corrected chi connectivity index (χ2v) is 3.98. The van der Waals surface area contributed by atoms with Gasteiger partial charge in [-0.1, -0.05) is 57.4 Å². The van der Waals surface area contributed by atoms with E-state index in [2.05, 4.69) is 38.2 Å². The van der Waals surface area contributed by atoms with Crippen molar-refractivity contribution >= 4 is 0 Å². The fourth-order valence-electron chi connectivity index (χ4n) is 1.49. The van der Waals surface area contributed by atoms with Crippen LogP contribution in [-0.4, -0.2) is 0 Å². The minimum Gasteiger partial charge on any atom is -0.0888 e. The Bertz CT molecular complexity index is 153. The van der Waals surface area contributed by atoms with Crippen molar-refractivity contribution in [1.29, 1.82) is 0 Å². The van der Waals surface area contributed by atoms with E-state index in [1.807, 2.05) is 0 Å². The average Bonchev–Trinajstić information content (AvgIpc) is 2.26. The molecule has 0 aromatic heterocycles. The summed E-state index contributed by atoms with van der Waals surface area (Å²) in [6, 6.07) is 0. The first-order valence-corrected chi connectivity index (χ1v) is 6.51. The molecule has 0 nitrogen and oxygen atoms in total. The molecular weight excluding hydrogens is 180 g/mol. The van der Waals surface area contributed by atoms with Crippen LogP contribution in [0.3, 0.4) is 0 Å². The molecule has 0 aliphatic carbocycles. The Morgan fingerprint density at radius 1 is 0.733 bits per heavy atom. The Kier molecular flexibility index (Phi) is 13.0. The minimum atomic E-state index is 1.09. The maximum absolute atomic E-state index is 3.84. The number of rotatable bonds is 10. The predicted molar refractivity (Wildman–Crippen MR) is 70.9 cm³/mol. The van der Waals surface area contributed by atoms with Crippen molar-refractivity contribution in [2.75, 3.05) is 0 Å². The molecule has 0 aliphatic heterocycles. The Morgan fingerprint density at radius 3 is 1.93 bits per heavy atom. The van der Waals surface area contributed by atoms with E-state index in [9.17, 15) is 0 Å². The third-order valence-electron chi connectivity index (χ3n) is 2.43. The number of hydrogen-bond donors (Lipinski definition) is 0. The maximum Gasteiger partial charge on any atom is -0.0348 e. The van der Waals surface area contributed by atoms with Crippen LogP contribution in [0.15, 0.2) is 24.3 Å². The summed E-state index contributed by atoms with van der Waals surface area (Å²) in [5.74, 6) is 0. The first-order valence-electron chi connectivity index (χ1n) is 6.51. The summed E-state index contributed by atoms with van der Waals surface area (Å²) in [6.45, 7) is 6.03. The van der Waals surface area contributed by atoms with Crippen molar-refractivity contribution in [3.63, 3.8) is 0 Å². The fraction of sp³-hybridized carbons (Fsp3) is 0.667. The van der Waals surface area contributed by atoms with Gasteiger partial charge in [0.2, 0.25) is 0 Å². The summed E-state index contributed by atoms with van der Waals surface area (Å²) in [7, 11) is 0. The Morgan fingerprint density at radius 2 is 1.33 bits per heavy atom. The van der Waals surface area contributed by atoms with Gasteiger partial charge in [0, 0.05) is 0 Å². The van der Waals surface area contributed by atoms with E-state index in [0.717, 1.165) is 6.42 Å². The van der Waals surface area contributed by atoms with E-state index in [1.165, 1.54) is 51.4 Å². The standard InChI is InChI=1S/C15H27/c1-3-5-7-9-11-13-15-14-12-10-8-6-4-2/h6,8,13,15H,1,3-5,7,9-12,14H2,2H3. The van der Waals surface area contributed by atoms with Gasteiger partial charge in [0.05, 0.1) is 0 Å². The van der Waals surface area contributed by atoms with E-state index in [1.54, 1.807) is 0 Å². The lowest BCUT2D eigenvalue weighted by molar-refractivity contribution is 0.693. The van der Waals surface area contributed by atoms with E-state index < -0.39 is 0 Å².